The molecule has 6 heteroatoms. The number of aromatic nitrogens is 1. The van der Waals surface area contributed by atoms with Gasteiger partial charge in [-0.05, 0) is 25.1 Å². The van der Waals surface area contributed by atoms with Gasteiger partial charge in [-0.25, -0.2) is 8.42 Å². The number of hydrogen-bond donors (Lipinski definition) is 1. The van der Waals surface area contributed by atoms with Crippen molar-refractivity contribution in [2.24, 2.45) is 5.73 Å². The maximum atomic E-state index is 11.7. The molecule has 0 saturated carbocycles. The second-order valence-electron chi connectivity index (χ2n) is 4.99. The highest BCUT2D eigenvalue weighted by atomic mass is 32.2. The summed E-state index contributed by atoms with van der Waals surface area (Å²) in [6, 6.07) is 3.86. The lowest BCUT2D eigenvalue weighted by molar-refractivity contribution is 0.143. The van der Waals surface area contributed by atoms with Crippen molar-refractivity contribution >= 4 is 9.84 Å². The van der Waals surface area contributed by atoms with Crippen molar-refractivity contribution in [3.63, 3.8) is 0 Å². The summed E-state index contributed by atoms with van der Waals surface area (Å²) < 4.78 is 23.3. The van der Waals surface area contributed by atoms with Crippen LogP contribution in [-0.2, 0) is 16.4 Å². The molecule has 0 aliphatic carbocycles. The molecule has 1 aromatic rings. The molecule has 5 nitrogen and oxygen atoms in total. The summed E-state index contributed by atoms with van der Waals surface area (Å²) in [6.07, 6.45) is 4.13. The smallest absolute Gasteiger partial charge is 0.152 e. The van der Waals surface area contributed by atoms with Crippen molar-refractivity contribution in [1.29, 1.82) is 0 Å². The number of sulfone groups is 1. The van der Waals surface area contributed by atoms with Gasteiger partial charge in [-0.3, -0.25) is 9.88 Å². The molecule has 0 amide bonds. The van der Waals surface area contributed by atoms with E-state index in [9.17, 15) is 8.42 Å². The molecule has 2 heterocycles. The van der Waals surface area contributed by atoms with Gasteiger partial charge in [0.25, 0.3) is 0 Å². The lowest BCUT2D eigenvalue weighted by Gasteiger charge is -2.36. The summed E-state index contributed by atoms with van der Waals surface area (Å²) >= 11 is 0. The third-order valence-electron chi connectivity index (χ3n) is 3.70. The van der Waals surface area contributed by atoms with E-state index in [0.29, 0.717) is 19.5 Å². The van der Waals surface area contributed by atoms with Crippen molar-refractivity contribution in [2.75, 3.05) is 25.1 Å². The first kappa shape index (κ1) is 13.5. The zero-order valence-electron chi connectivity index (χ0n) is 10.5. The summed E-state index contributed by atoms with van der Waals surface area (Å²) in [5.41, 5.74) is 6.47. The molecule has 1 saturated heterocycles. The summed E-state index contributed by atoms with van der Waals surface area (Å²) in [7, 11) is -1.01. The molecule has 0 spiro atoms. The summed E-state index contributed by atoms with van der Waals surface area (Å²) in [5.74, 6) is 0.398. The third-order valence-corrected chi connectivity index (χ3v) is 5.50. The van der Waals surface area contributed by atoms with Crippen molar-refractivity contribution in [2.45, 2.75) is 18.5 Å². The second kappa shape index (κ2) is 4.95. The minimum absolute atomic E-state index is 0.160. The Labute approximate surface area is 108 Å². The van der Waals surface area contributed by atoms with Gasteiger partial charge in [-0.1, -0.05) is 6.07 Å². The Morgan fingerprint density at radius 1 is 1.56 bits per heavy atom. The number of rotatable bonds is 4. The quantitative estimate of drug-likeness (QED) is 0.834. The molecule has 0 radical (unpaired) electrons. The molecule has 1 fully saturated rings. The fraction of sp³-hybridized carbons (Fsp3) is 0.583. The molecular formula is C12H19N3O2S. The standard InChI is InChI=1S/C12H19N3O2S/c1-15(8-11-3-2-5-14-7-11)12(9-13)4-6-18(16,17)10-12/h2-3,5,7H,4,6,8-10,13H2,1H3. The predicted octanol–water partition coefficient (Wildman–Crippen LogP) is 0.0294. The molecule has 1 aliphatic rings. The predicted molar refractivity (Wildman–Crippen MR) is 70.8 cm³/mol. The first-order chi connectivity index (χ1) is 8.47. The lowest BCUT2D eigenvalue weighted by Crippen LogP contribution is -2.52. The van der Waals surface area contributed by atoms with E-state index in [-0.39, 0.29) is 11.5 Å². The largest absolute Gasteiger partial charge is 0.329 e. The Morgan fingerprint density at radius 2 is 2.33 bits per heavy atom. The fourth-order valence-electron chi connectivity index (χ4n) is 2.45. The van der Waals surface area contributed by atoms with Crippen LogP contribution in [-0.4, -0.2) is 48.9 Å². The van der Waals surface area contributed by atoms with Crippen LogP contribution in [0, 0.1) is 0 Å². The van der Waals surface area contributed by atoms with E-state index in [1.54, 1.807) is 12.4 Å². The molecule has 0 bridgehead atoms. The molecule has 1 aromatic heterocycles. The Balaban J connectivity index is 2.14. The van der Waals surface area contributed by atoms with Crippen molar-refractivity contribution in [1.82, 2.24) is 9.88 Å². The van der Waals surface area contributed by atoms with Gasteiger partial charge >= 0.3 is 0 Å². The Hall–Kier alpha value is -0.980. The minimum atomic E-state index is -2.94. The van der Waals surface area contributed by atoms with E-state index in [4.69, 9.17) is 5.73 Å². The van der Waals surface area contributed by atoms with Gasteiger partial charge < -0.3 is 5.73 Å². The molecule has 2 N–H and O–H groups in total. The Kier molecular flexibility index (Phi) is 3.70. The second-order valence-corrected chi connectivity index (χ2v) is 7.17. The van der Waals surface area contributed by atoms with Gasteiger partial charge in [0.05, 0.1) is 11.5 Å². The van der Waals surface area contributed by atoms with Gasteiger partial charge in [0.2, 0.25) is 0 Å². The van der Waals surface area contributed by atoms with Crippen LogP contribution in [0.3, 0.4) is 0 Å². The van der Waals surface area contributed by atoms with Crippen LogP contribution in [0.15, 0.2) is 24.5 Å². The molecule has 1 aliphatic heterocycles. The monoisotopic (exact) mass is 269 g/mol. The number of likely N-dealkylation sites (N-methyl/N-ethyl adjacent to an activating group) is 1. The van der Waals surface area contributed by atoms with E-state index < -0.39 is 15.4 Å². The first-order valence-corrected chi connectivity index (χ1v) is 7.80. The molecule has 0 aromatic carbocycles. The van der Waals surface area contributed by atoms with Crippen LogP contribution in [0.2, 0.25) is 0 Å². The maximum absolute atomic E-state index is 11.7. The summed E-state index contributed by atoms with van der Waals surface area (Å²) in [5, 5.41) is 0. The average molecular weight is 269 g/mol. The van der Waals surface area contributed by atoms with Gasteiger partial charge in [-0.15, -0.1) is 0 Å². The first-order valence-electron chi connectivity index (χ1n) is 5.98. The molecule has 2 rings (SSSR count). The van der Waals surface area contributed by atoms with Crippen molar-refractivity contribution in [3.05, 3.63) is 30.1 Å². The zero-order valence-corrected chi connectivity index (χ0v) is 11.4. The van der Waals surface area contributed by atoms with Gasteiger partial charge in [-0.2, -0.15) is 0 Å². The normalized spacial score (nSPS) is 26.6. The van der Waals surface area contributed by atoms with Crippen molar-refractivity contribution < 1.29 is 8.42 Å². The number of nitrogens with two attached hydrogens (primary N) is 1. The average Bonchev–Trinajstić information content (AvgIpc) is 2.68. The third kappa shape index (κ3) is 2.71. The summed E-state index contributed by atoms with van der Waals surface area (Å²) in [4.78, 5) is 6.12. The fourth-order valence-corrected chi connectivity index (χ4v) is 4.59. The number of nitrogens with zero attached hydrogens (tertiary/aromatic N) is 2. The highest BCUT2D eigenvalue weighted by molar-refractivity contribution is 7.91. The van der Waals surface area contributed by atoms with E-state index in [1.165, 1.54) is 0 Å². The van der Waals surface area contributed by atoms with Gasteiger partial charge in [0.1, 0.15) is 0 Å². The van der Waals surface area contributed by atoms with Crippen LogP contribution in [0.1, 0.15) is 12.0 Å². The molecule has 1 atom stereocenters. The SMILES string of the molecule is CN(Cc1cccnc1)C1(CN)CCS(=O)(=O)C1. The highest BCUT2D eigenvalue weighted by Gasteiger charge is 2.44. The maximum Gasteiger partial charge on any atom is 0.152 e. The van der Waals surface area contributed by atoms with Crippen molar-refractivity contribution in [3.8, 4) is 0 Å². The molecule has 1 unspecified atom stereocenters. The zero-order chi connectivity index (χ0) is 13.2. The Morgan fingerprint density at radius 3 is 2.83 bits per heavy atom. The van der Waals surface area contributed by atoms with Crippen LogP contribution < -0.4 is 5.73 Å². The lowest BCUT2D eigenvalue weighted by atomic mass is 9.96. The van der Waals surface area contributed by atoms with E-state index in [0.717, 1.165) is 5.56 Å². The number of hydrogen-bond acceptors (Lipinski definition) is 5. The Bertz CT molecular complexity index is 503. The topological polar surface area (TPSA) is 76.3 Å². The highest BCUT2D eigenvalue weighted by Crippen LogP contribution is 2.29. The van der Waals surface area contributed by atoms with E-state index >= 15 is 0 Å². The van der Waals surface area contributed by atoms with Gasteiger partial charge in [0, 0.05) is 31.0 Å². The van der Waals surface area contributed by atoms with E-state index in [1.807, 2.05) is 19.2 Å². The van der Waals surface area contributed by atoms with Crippen LogP contribution >= 0.6 is 0 Å². The molecule has 18 heavy (non-hydrogen) atoms. The van der Waals surface area contributed by atoms with Gasteiger partial charge in [0.15, 0.2) is 9.84 Å². The van der Waals surface area contributed by atoms with E-state index in [2.05, 4.69) is 9.88 Å². The summed E-state index contributed by atoms with van der Waals surface area (Å²) in [6.45, 7) is 1.03. The van der Waals surface area contributed by atoms with Crippen LogP contribution in [0.25, 0.3) is 0 Å². The minimum Gasteiger partial charge on any atom is -0.329 e. The number of pyridine rings is 1. The molecular weight excluding hydrogens is 250 g/mol. The molecule has 100 valence electrons. The van der Waals surface area contributed by atoms with Crippen LogP contribution in [0.5, 0.6) is 0 Å². The van der Waals surface area contributed by atoms with Crippen LogP contribution in [0.4, 0.5) is 0 Å².